The van der Waals surface area contributed by atoms with E-state index in [1.807, 2.05) is 6.07 Å². The molecule has 1 fully saturated rings. The number of benzene rings is 1. The van der Waals surface area contributed by atoms with Gasteiger partial charge in [0.05, 0.1) is 26.8 Å². The van der Waals surface area contributed by atoms with E-state index in [1.54, 1.807) is 24.0 Å². The van der Waals surface area contributed by atoms with E-state index in [-0.39, 0.29) is 0 Å². The van der Waals surface area contributed by atoms with Gasteiger partial charge in [-0.15, -0.1) is 0 Å². The van der Waals surface area contributed by atoms with Gasteiger partial charge in [-0.2, -0.15) is 0 Å². The molecular weight excluding hydrogens is 266 g/mol. The van der Waals surface area contributed by atoms with Crippen LogP contribution >= 0.6 is 0 Å². The van der Waals surface area contributed by atoms with Gasteiger partial charge in [-0.3, -0.25) is 0 Å². The summed E-state index contributed by atoms with van der Waals surface area (Å²) in [4.78, 5) is 3.36. The summed E-state index contributed by atoms with van der Waals surface area (Å²) in [6.07, 6.45) is 0. The molecule has 0 saturated carbocycles. The van der Waals surface area contributed by atoms with Crippen molar-refractivity contribution in [2.45, 2.75) is 12.6 Å². The van der Waals surface area contributed by atoms with E-state index in [4.69, 9.17) is 9.47 Å². The maximum Gasteiger partial charge on any atom is 0.167 e. The average molecular weight is 294 g/mol. The number of likely N-dealkylation sites (N-methyl/N-ethyl adjacent to an activating group) is 1. The molecule has 0 radical (unpaired) electrons. The number of quaternary nitrogens is 3. The lowest BCUT2D eigenvalue weighted by atomic mass is 9.93. The molecule has 5 nitrogen and oxygen atoms in total. The van der Waals surface area contributed by atoms with Gasteiger partial charge in [0.1, 0.15) is 50.8 Å². The Bertz CT molecular complexity index is 481. The Hall–Kier alpha value is -1.30. The predicted molar refractivity (Wildman–Crippen MR) is 80.1 cm³/mol. The molecule has 5 heteroatoms. The lowest BCUT2D eigenvalue weighted by Crippen LogP contribution is -3.28. The predicted octanol–water partition coefficient (Wildman–Crippen LogP) is -2.76. The fourth-order valence-corrected chi connectivity index (χ4v) is 3.75. The Kier molecular flexibility index (Phi) is 4.33. The Morgan fingerprint density at radius 2 is 1.86 bits per heavy atom. The highest BCUT2D eigenvalue weighted by Crippen LogP contribution is 2.33. The van der Waals surface area contributed by atoms with Crippen LogP contribution in [-0.4, -0.2) is 54.0 Å². The Labute approximate surface area is 126 Å². The van der Waals surface area contributed by atoms with Gasteiger partial charge >= 0.3 is 0 Å². The van der Waals surface area contributed by atoms with Crippen LogP contribution in [0.3, 0.4) is 0 Å². The number of fused-ring (bicyclic) bond motifs is 1. The van der Waals surface area contributed by atoms with Gasteiger partial charge in [-0.05, 0) is 6.07 Å². The minimum absolute atomic E-state index is 0.544. The monoisotopic (exact) mass is 294 g/mol. The summed E-state index contributed by atoms with van der Waals surface area (Å²) < 4.78 is 11.1. The van der Waals surface area contributed by atoms with Crippen molar-refractivity contribution in [1.29, 1.82) is 0 Å². The number of nitrogens with two attached hydrogens (primary N) is 1. The highest BCUT2D eigenvalue weighted by molar-refractivity contribution is 5.48. The van der Waals surface area contributed by atoms with Crippen molar-refractivity contribution in [3.05, 3.63) is 23.3 Å². The number of rotatable bonds is 3. The van der Waals surface area contributed by atoms with E-state index in [2.05, 4.69) is 18.4 Å². The second-order valence-corrected chi connectivity index (χ2v) is 6.30. The van der Waals surface area contributed by atoms with Crippen molar-refractivity contribution in [2.24, 2.45) is 0 Å². The smallest absolute Gasteiger partial charge is 0.167 e. The van der Waals surface area contributed by atoms with Crippen LogP contribution in [0, 0.1) is 0 Å². The van der Waals surface area contributed by atoms with Crippen molar-refractivity contribution in [2.75, 3.05) is 54.0 Å². The molecule has 116 valence electrons. The van der Waals surface area contributed by atoms with Crippen molar-refractivity contribution in [1.82, 2.24) is 0 Å². The fourth-order valence-electron chi connectivity index (χ4n) is 3.75. The van der Waals surface area contributed by atoms with Gasteiger partial charge in [0.15, 0.2) is 6.04 Å². The molecule has 4 N–H and O–H groups in total. The molecule has 0 aliphatic carbocycles. The normalized spacial score (nSPS) is 28.8. The zero-order valence-corrected chi connectivity index (χ0v) is 13.4. The third-order valence-corrected chi connectivity index (χ3v) is 5.01. The Balaban J connectivity index is 1.93. The van der Waals surface area contributed by atoms with Crippen LogP contribution in [0.4, 0.5) is 0 Å². The second-order valence-electron chi connectivity index (χ2n) is 6.30. The van der Waals surface area contributed by atoms with Gasteiger partial charge in [0, 0.05) is 11.6 Å². The summed E-state index contributed by atoms with van der Waals surface area (Å²) in [5.74, 6) is 1.90. The molecule has 0 spiro atoms. The third kappa shape index (κ3) is 2.86. The molecule has 0 amide bonds. The molecule has 21 heavy (non-hydrogen) atoms. The third-order valence-electron chi connectivity index (χ3n) is 5.01. The van der Waals surface area contributed by atoms with Crippen LogP contribution in [0.2, 0.25) is 0 Å². The minimum atomic E-state index is 0.544. The molecule has 0 unspecified atom stereocenters. The van der Waals surface area contributed by atoms with E-state index in [0.29, 0.717) is 6.04 Å². The van der Waals surface area contributed by atoms with Crippen molar-refractivity contribution >= 4 is 0 Å². The fraction of sp³-hybridized carbons (Fsp3) is 0.625. The molecule has 3 rings (SSSR count). The Morgan fingerprint density at radius 3 is 2.52 bits per heavy atom. The van der Waals surface area contributed by atoms with Gasteiger partial charge in [-0.1, -0.05) is 0 Å². The zero-order valence-electron chi connectivity index (χ0n) is 13.4. The zero-order chi connectivity index (χ0) is 14.8. The molecule has 0 aromatic heterocycles. The summed E-state index contributed by atoms with van der Waals surface area (Å²) in [5.41, 5.74) is 2.79. The first-order valence-corrected chi connectivity index (χ1v) is 7.95. The number of hydrogen-bond acceptors (Lipinski definition) is 2. The number of ether oxygens (including phenoxy) is 2. The quantitative estimate of drug-likeness (QED) is 0.565. The first-order valence-electron chi connectivity index (χ1n) is 7.95. The van der Waals surface area contributed by atoms with Crippen molar-refractivity contribution < 1.29 is 24.6 Å². The van der Waals surface area contributed by atoms with Gasteiger partial charge in [0.25, 0.3) is 0 Å². The lowest BCUT2D eigenvalue weighted by molar-refractivity contribution is -1.03. The first-order chi connectivity index (χ1) is 10.2. The maximum atomic E-state index is 5.68. The van der Waals surface area contributed by atoms with Crippen molar-refractivity contribution in [3.63, 3.8) is 0 Å². The highest BCUT2D eigenvalue weighted by Gasteiger charge is 2.37. The van der Waals surface area contributed by atoms with Crippen LogP contribution in [0.25, 0.3) is 0 Å². The second kappa shape index (κ2) is 6.22. The maximum absolute atomic E-state index is 5.68. The minimum Gasteiger partial charge on any atom is -0.497 e. The molecular formula is C16H28N3O2+3. The molecule has 0 bridgehead atoms. The highest BCUT2D eigenvalue weighted by atomic mass is 16.5. The van der Waals surface area contributed by atoms with Crippen LogP contribution in [-0.2, 0) is 6.54 Å². The molecule has 2 aliphatic heterocycles. The summed E-state index contributed by atoms with van der Waals surface area (Å²) in [5, 5.41) is 2.42. The van der Waals surface area contributed by atoms with Crippen LogP contribution in [0.5, 0.6) is 11.5 Å². The summed E-state index contributed by atoms with van der Waals surface area (Å²) in [6.45, 7) is 7.21. The SMILES string of the molecule is COc1cc2c(c(OC)c1)[C@H]([NH+]1CC[NH+](C)CC1)C[NH2+]C2. The molecule has 1 aromatic carbocycles. The topological polar surface area (TPSA) is 44.0 Å². The van der Waals surface area contributed by atoms with E-state index >= 15 is 0 Å². The Morgan fingerprint density at radius 1 is 1.10 bits per heavy atom. The van der Waals surface area contributed by atoms with Crippen LogP contribution in [0.15, 0.2) is 12.1 Å². The summed E-state index contributed by atoms with van der Waals surface area (Å²) in [6, 6.07) is 4.77. The largest absolute Gasteiger partial charge is 0.497 e. The first kappa shape index (κ1) is 14.6. The average Bonchev–Trinajstić information content (AvgIpc) is 2.54. The standard InChI is InChI=1S/C16H25N3O2/c1-18-4-6-19(7-5-18)14-11-17-10-12-8-13(20-2)9-15(21-3)16(12)14/h8-9,14,17H,4-7,10-11H2,1-3H3/p+3/t14-/m1/s1. The number of methoxy groups -OCH3 is 2. The number of piperazine rings is 1. The summed E-state index contributed by atoms with van der Waals surface area (Å²) in [7, 11) is 5.79. The van der Waals surface area contributed by atoms with Crippen LogP contribution < -0.4 is 24.6 Å². The van der Waals surface area contributed by atoms with Gasteiger partial charge in [0.2, 0.25) is 0 Å². The molecule has 1 saturated heterocycles. The van der Waals surface area contributed by atoms with E-state index < -0.39 is 0 Å². The van der Waals surface area contributed by atoms with E-state index in [9.17, 15) is 0 Å². The van der Waals surface area contributed by atoms with E-state index in [1.165, 1.54) is 37.3 Å². The molecule has 2 aliphatic rings. The van der Waals surface area contributed by atoms with E-state index in [0.717, 1.165) is 24.6 Å². The molecule has 1 aromatic rings. The number of nitrogens with one attached hydrogen (secondary N) is 2. The lowest BCUT2D eigenvalue weighted by Gasteiger charge is -2.35. The summed E-state index contributed by atoms with van der Waals surface area (Å²) >= 11 is 0. The van der Waals surface area contributed by atoms with Crippen molar-refractivity contribution in [3.8, 4) is 11.5 Å². The molecule has 2 heterocycles. The van der Waals surface area contributed by atoms with Crippen LogP contribution in [0.1, 0.15) is 17.2 Å². The van der Waals surface area contributed by atoms with Gasteiger partial charge < -0.3 is 24.6 Å². The number of hydrogen-bond donors (Lipinski definition) is 3. The molecule has 1 atom stereocenters. The van der Waals surface area contributed by atoms with Gasteiger partial charge in [-0.25, -0.2) is 0 Å².